The molecule has 0 aliphatic rings. The van der Waals surface area contributed by atoms with Crippen LogP contribution in [0.4, 0.5) is 0 Å². The van der Waals surface area contributed by atoms with E-state index < -0.39 is 31.1 Å². The van der Waals surface area contributed by atoms with E-state index in [9.17, 15) is 9.59 Å². The molecule has 0 aliphatic heterocycles. The number of aliphatic hydroxyl groups is 2. The number of hydrogen-bond acceptors (Lipinski definition) is 4. The van der Waals surface area contributed by atoms with Gasteiger partial charge in [-0.2, -0.15) is 0 Å². The van der Waals surface area contributed by atoms with E-state index in [0.717, 1.165) is 0 Å². The van der Waals surface area contributed by atoms with Crippen LogP contribution in [-0.2, 0) is 0 Å². The zero-order valence-electron chi connectivity index (χ0n) is 8.96. The van der Waals surface area contributed by atoms with Gasteiger partial charge >= 0.3 is 5.97 Å². The van der Waals surface area contributed by atoms with Gasteiger partial charge in [0.25, 0.3) is 5.91 Å². The summed E-state index contributed by atoms with van der Waals surface area (Å²) in [6.45, 7) is -0.838. The van der Waals surface area contributed by atoms with E-state index in [1.807, 2.05) is 0 Å². The molecule has 0 unspecified atom stereocenters. The predicted molar refractivity (Wildman–Crippen MR) is 58.8 cm³/mol. The van der Waals surface area contributed by atoms with Crippen molar-refractivity contribution in [3.05, 3.63) is 35.4 Å². The second-order valence-corrected chi connectivity index (χ2v) is 3.39. The highest BCUT2D eigenvalue weighted by Gasteiger charge is 2.18. The van der Waals surface area contributed by atoms with Crippen LogP contribution in [0.3, 0.4) is 0 Å². The van der Waals surface area contributed by atoms with Gasteiger partial charge in [0.05, 0.1) is 30.4 Å². The van der Waals surface area contributed by atoms with E-state index in [1.165, 1.54) is 24.3 Å². The lowest BCUT2D eigenvalue weighted by Crippen LogP contribution is -2.40. The highest BCUT2D eigenvalue weighted by molar-refractivity contribution is 6.04. The molecule has 92 valence electrons. The van der Waals surface area contributed by atoms with Gasteiger partial charge < -0.3 is 20.6 Å². The third-order valence-corrected chi connectivity index (χ3v) is 2.18. The minimum Gasteiger partial charge on any atom is -0.478 e. The average Bonchev–Trinajstić information content (AvgIpc) is 2.35. The normalized spacial score (nSPS) is 10.3. The molecular weight excluding hydrogens is 226 g/mol. The number of carboxylic acids is 1. The van der Waals surface area contributed by atoms with E-state index >= 15 is 0 Å². The Bertz CT molecular complexity index is 414. The van der Waals surface area contributed by atoms with Crippen LogP contribution < -0.4 is 5.32 Å². The Morgan fingerprint density at radius 2 is 1.65 bits per heavy atom. The van der Waals surface area contributed by atoms with Crippen LogP contribution in [0.2, 0.25) is 0 Å². The van der Waals surface area contributed by atoms with Crippen molar-refractivity contribution in [2.24, 2.45) is 0 Å². The van der Waals surface area contributed by atoms with Crippen LogP contribution in [0.25, 0.3) is 0 Å². The number of nitrogens with one attached hydrogen (secondary N) is 1. The summed E-state index contributed by atoms with van der Waals surface area (Å²) in [7, 11) is 0. The van der Waals surface area contributed by atoms with Crippen molar-refractivity contribution in [2.45, 2.75) is 6.04 Å². The van der Waals surface area contributed by atoms with Crippen molar-refractivity contribution in [3.8, 4) is 0 Å². The van der Waals surface area contributed by atoms with Crippen molar-refractivity contribution in [3.63, 3.8) is 0 Å². The molecule has 1 aromatic carbocycles. The van der Waals surface area contributed by atoms with Gasteiger partial charge in [0.2, 0.25) is 0 Å². The molecule has 6 nitrogen and oxygen atoms in total. The molecule has 0 fully saturated rings. The number of rotatable bonds is 5. The lowest BCUT2D eigenvalue weighted by molar-refractivity contribution is 0.0689. The molecule has 0 saturated heterocycles. The minimum absolute atomic E-state index is 0.00750. The molecule has 17 heavy (non-hydrogen) atoms. The lowest BCUT2D eigenvalue weighted by atomic mass is 10.1. The average molecular weight is 239 g/mol. The molecule has 0 aromatic heterocycles. The first-order valence-electron chi connectivity index (χ1n) is 4.95. The van der Waals surface area contributed by atoms with Crippen LogP contribution in [0.1, 0.15) is 20.7 Å². The van der Waals surface area contributed by atoms with E-state index in [4.69, 9.17) is 15.3 Å². The third-order valence-electron chi connectivity index (χ3n) is 2.18. The van der Waals surface area contributed by atoms with Crippen LogP contribution in [0.15, 0.2) is 24.3 Å². The first-order chi connectivity index (χ1) is 8.10. The summed E-state index contributed by atoms with van der Waals surface area (Å²) in [6.07, 6.45) is 0. The highest BCUT2D eigenvalue weighted by Crippen LogP contribution is 2.08. The van der Waals surface area contributed by atoms with Crippen molar-refractivity contribution >= 4 is 11.9 Å². The van der Waals surface area contributed by atoms with Crippen molar-refractivity contribution in [2.75, 3.05) is 13.2 Å². The van der Waals surface area contributed by atoms with E-state index in [0.29, 0.717) is 0 Å². The Kier molecular flexibility index (Phi) is 4.62. The summed E-state index contributed by atoms with van der Waals surface area (Å²) < 4.78 is 0. The Hall–Kier alpha value is -1.92. The van der Waals surface area contributed by atoms with Gasteiger partial charge in [-0.3, -0.25) is 4.79 Å². The maximum absolute atomic E-state index is 11.7. The van der Waals surface area contributed by atoms with E-state index in [1.54, 1.807) is 0 Å². The second-order valence-electron chi connectivity index (χ2n) is 3.39. The Morgan fingerprint density at radius 1 is 1.12 bits per heavy atom. The number of amides is 1. The fourth-order valence-electron chi connectivity index (χ4n) is 1.28. The molecular formula is C11H13NO5. The monoisotopic (exact) mass is 239 g/mol. The van der Waals surface area contributed by atoms with Gasteiger partial charge in [-0.15, -0.1) is 0 Å². The lowest BCUT2D eigenvalue weighted by Gasteiger charge is -2.14. The number of carbonyl (C=O) groups is 2. The first-order valence-corrected chi connectivity index (χ1v) is 4.95. The zero-order chi connectivity index (χ0) is 12.8. The molecule has 0 aliphatic carbocycles. The van der Waals surface area contributed by atoms with Gasteiger partial charge in [-0.25, -0.2) is 4.79 Å². The smallest absolute Gasteiger partial charge is 0.336 e. The topological polar surface area (TPSA) is 107 Å². The number of hydrogen-bond donors (Lipinski definition) is 4. The van der Waals surface area contributed by atoms with Crippen molar-refractivity contribution < 1.29 is 24.9 Å². The number of aliphatic hydroxyl groups excluding tert-OH is 2. The standard InChI is InChI=1S/C11H13NO5/c13-5-7(6-14)12-10(15)8-3-1-2-4-9(8)11(16)17/h1-4,7,13-14H,5-6H2,(H,12,15)(H,16,17). The highest BCUT2D eigenvalue weighted by atomic mass is 16.4. The molecule has 0 bridgehead atoms. The van der Waals surface area contributed by atoms with Crippen LogP contribution in [0.5, 0.6) is 0 Å². The Morgan fingerprint density at radius 3 is 2.12 bits per heavy atom. The van der Waals surface area contributed by atoms with Gasteiger partial charge in [-0.1, -0.05) is 12.1 Å². The van der Waals surface area contributed by atoms with Crippen LogP contribution in [0, 0.1) is 0 Å². The summed E-state index contributed by atoms with van der Waals surface area (Å²) in [5.41, 5.74) is -0.133. The first kappa shape index (κ1) is 13.1. The van der Waals surface area contributed by atoms with Crippen LogP contribution in [-0.4, -0.2) is 46.5 Å². The number of carboxylic acid groups (broad SMARTS) is 1. The summed E-state index contributed by atoms with van der Waals surface area (Å²) in [6, 6.07) is 4.92. The van der Waals surface area contributed by atoms with Crippen molar-refractivity contribution in [1.82, 2.24) is 5.32 Å². The molecule has 6 heteroatoms. The maximum Gasteiger partial charge on any atom is 0.336 e. The summed E-state index contributed by atoms with van der Waals surface area (Å²) in [5, 5.41) is 28.8. The second kappa shape index (κ2) is 5.97. The summed E-state index contributed by atoms with van der Waals surface area (Å²) in [4.78, 5) is 22.6. The number of carbonyl (C=O) groups excluding carboxylic acids is 1. The Balaban J connectivity index is 2.92. The Labute approximate surface area is 97.5 Å². The molecule has 0 heterocycles. The van der Waals surface area contributed by atoms with Crippen LogP contribution >= 0.6 is 0 Å². The van der Waals surface area contributed by atoms with Crippen molar-refractivity contribution in [1.29, 1.82) is 0 Å². The fourth-order valence-corrected chi connectivity index (χ4v) is 1.28. The number of aromatic carboxylic acids is 1. The fraction of sp³-hybridized carbons (Fsp3) is 0.273. The van der Waals surface area contributed by atoms with Gasteiger partial charge in [0, 0.05) is 0 Å². The quantitative estimate of drug-likeness (QED) is 0.552. The molecule has 1 aromatic rings. The molecule has 0 atom stereocenters. The molecule has 1 rings (SSSR count). The zero-order valence-corrected chi connectivity index (χ0v) is 8.96. The third kappa shape index (κ3) is 3.27. The summed E-state index contributed by atoms with van der Waals surface area (Å²) in [5.74, 6) is -1.85. The van der Waals surface area contributed by atoms with Gasteiger partial charge in [0.15, 0.2) is 0 Å². The molecule has 4 N–H and O–H groups in total. The predicted octanol–water partition coefficient (Wildman–Crippen LogP) is -0.532. The van der Waals surface area contributed by atoms with E-state index in [-0.39, 0.29) is 11.1 Å². The molecule has 0 spiro atoms. The van der Waals surface area contributed by atoms with E-state index in [2.05, 4.69) is 5.32 Å². The molecule has 1 amide bonds. The van der Waals surface area contributed by atoms with Gasteiger partial charge in [-0.05, 0) is 12.1 Å². The van der Waals surface area contributed by atoms with Gasteiger partial charge in [0.1, 0.15) is 0 Å². The maximum atomic E-state index is 11.7. The minimum atomic E-state index is -1.21. The largest absolute Gasteiger partial charge is 0.478 e. The molecule has 0 saturated carbocycles. The number of benzene rings is 1. The molecule has 0 radical (unpaired) electrons. The summed E-state index contributed by atoms with van der Waals surface area (Å²) >= 11 is 0. The SMILES string of the molecule is O=C(O)c1ccccc1C(=O)NC(CO)CO.